The third kappa shape index (κ3) is 6.23. The zero-order valence-corrected chi connectivity index (χ0v) is 15.2. The number of nitrogens with zero attached hydrogens (tertiary/aromatic N) is 2. The van der Waals surface area contributed by atoms with Crippen LogP contribution in [0.5, 0.6) is 0 Å². The zero-order valence-electron chi connectivity index (χ0n) is 15.2. The molecule has 0 atom stereocenters. The second-order valence-corrected chi connectivity index (χ2v) is 5.51. The number of anilines is 1. The highest BCUT2D eigenvalue weighted by atomic mass is 16.5. The first-order valence-electron chi connectivity index (χ1n) is 8.41. The lowest BCUT2D eigenvalue weighted by Gasteiger charge is -2.06. The fourth-order valence-electron chi connectivity index (χ4n) is 2.24. The van der Waals surface area contributed by atoms with Crippen LogP contribution in [0.3, 0.4) is 0 Å². The summed E-state index contributed by atoms with van der Waals surface area (Å²) in [4.78, 5) is 34.8. The van der Waals surface area contributed by atoms with Gasteiger partial charge in [0.15, 0.2) is 0 Å². The highest BCUT2D eigenvalue weighted by Crippen LogP contribution is 2.13. The van der Waals surface area contributed by atoms with E-state index in [0.29, 0.717) is 17.9 Å². The molecule has 0 spiro atoms. The van der Waals surface area contributed by atoms with Crippen molar-refractivity contribution in [2.24, 2.45) is 0 Å². The van der Waals surface area contributed by atoms with E-state index in [1.807, 2.05) is 0 Å². The zero-order chi connectivity index (χ0) is 19.6. The van der Waals surface area contributed by atoms with Gasteiger partial charge in [0.1, 0.15) is 6.61 Å². The molecule has 0 aliphatic carbocycles. The Labute approximate surface area is 156 Å². The fourth-order valence-corrected chi connectivity index (χ4v) is 2.24. The number of ether oxygens (including phenoxy) is 2. The molecule has 144 valence electrons. The number of carbonyl (C=O) groups excluding carboxylic acids is 3. The minimum Gasteiger partial charge on any atom is -0.466 e. The Bertz CT molecular complexity index is 785. The van der Waals surface area contributed by atoms with Crippen LogP contribution in [0.1, 0.15) is 23.7 Å². The normalized spacial score (nSPS) is 10.3. The molecule has 0 bridgehead atoms. The van der Waals surface area contributed by atoms with Crippen molar-refractivity contribution < 1.29 is 23.9 Å². The Hall–Kier alpha value is -3.20. The summed E-state index contributed by atoms with van der Waals surface area (Å²) in [5, 5.41) is 9.49. The van der Waals surface area contributed by atoms with Crippen LogP contribution >= 0.6 is 0 Å². The topological polar surface area (TPSA) is 112 Å². The second-order valence-electron chi connectivity index (χ2n) is 5.51. The minimum absolute atomic E-state index is 0.0366. The van der Waals surface area contributed by atoms with E-state index in [2.05, 4.69) is 15.7 Å². The highest BCUT2D eigenvalue weighted by Gasteiger charge is 2.09. The van der Waals surface area contributed by atoms with Crippen molar-refractivity contribution in [2.75, 3.05) is 32.2 Å². The van der Waals surface area contributed by atoms with Crippen LogP contribution < -0.4 is 10.6 Å². The molecule has 0 saturated heterocycles. The summed E-state index contributed by atoms with van der Waals surface area (Å²) in [6.07, 6.45) is 3.30. The first-order chi connectivity index (χ1) is 13.0. The Morgan fingerprint density at radius 2 is 1.93 bits per heavy atom. The Morgan fingerprint density at radius 1 is 1.19 bits per heavy atom. The minimum atomic E-state index is -0.347. The lowest BCUT2D eigenvalue weighted by Crippen LogP contribution is -2.26. The maximum absolute atomic E-state index is 12.1. The lowest BCUT2D eigenvalue weighted by molar-refractivity contribution is -0.142. The van der Waals surface area contributed by atoms with Crippen molar-refractivity contribution in [1.82, 2.24) is 15.1 Å². The average molecular weight is 374 g/mol. The Kier molecular flexibility index (Phi) is 7.50. The third-order valence-corrected chi connectivity index (χ3v) is 3.46. The van der Waals surface area contributed by atoms with Gasteiger partial charge >= 0.3 is 5.97 Å². The summed E-state index contributed by atoms with van der Waals surface area (Å²) in [6.45, 7) is 2.22. The number of nitrogens with one attached hydrogen (secondary N) is 2. The molecule has 2 rings (SSSR count). The maximum atomic E-state index is 12.1. The van der Waals surface area contributed by atoms with Crippen molar-refractivity contribution in [2.45, 2.75) is 13.3 Å². The molecule has 2 N–H and O–H groups in total. The maximum Gasteiger partial charge on any atom is 0.307 e. The summed E-state index contributed by atoms with van der Waals surface area (Å²) in [6, 6.07) is 6.77. The van der Waals surface area contributed by atoms with Crippen LogP contribution in [-0.4, -0.2) is 54.4 Å². The molecular weight excluding hydrogens is 352 g/mol. The summed E-state index contributed by atoms with van der Waals surface area (Å²) in [5.41, 5.74) is 1.73. The molecular formula is C18H22N4O5. The van der Waals surface area contributed by atoms with Crippen LogP contribution in [0.2, 0.25) is 0 Å². The molecule has 0 aliphatic rings. The number of carbonyl (C=O) groups is 3. The van der Waals surface area contributed by atoms with Gasteiger partial charge in [-0.1, -0.05) is 0 Å². The smallest absolute Gasteiger partial charge is 0.307 e. The van der Waals surface area contributed by atoms with Gasteiger partial charge in [0.05, 0.1) is 36.8 Å². The molecule has 0 unspecified atom stereocenters. The molecule has 1 heterocycles. The standard InChI is InChI=1S/C18H22N4O5/c1-3-27-17(24)8-9-19-18(25)13-4-6-15(7-5-13)22-11-14(10-20-22)21-16(23)12-26-2/h4-7,10-11H,3,8-9,12H2,1-2H3,(H,19,25)(H,21,23). The van der Waals surface area contributed by atoms with E-state index in [9.17, 15) is 14.4 Å². The Morgan fingerprint density at radius 3 is 2.59 bits per heavy atom. The molecule has 0 fully saturated rings. The molecule has 9 heteroatoms. The lowest BCUT2D eigenvalue weighted by atomic mass is 10.2. The summed E-state index contributed by atoms with van der Waals surface area (Å²) < 4.78 is 11.1. The quantitative estimate of drug-likeness (QED) is 0.637. The number of hydrogen-bond donors (Lipinski definition) is 2. The predicted octanol–water partition coefficient (Wildman–Crippen LogP) is 1.14. The first-order valence-corrected chi connectivity index (χ1v) is 8.41. The van der Waals surface area contributed by atoms with E-state index in [0.717, 1.165) is 5.69 Å². The van der Waals surface area contributed by atoms with E-state index in [4.69, 9.17) is 9.47 Å². The van der Waals surface area contributed by atoms with Gasteiger partial charge in [-0.15, -0.1) is 0 Å². The fraction of sp³-hybridized carbons (Fsp3) is 0.333. The van der Waals surface area contributed by atoms with E-state index < -0.39 is 0 Å². The number of benzene rings is 1. The average Bonchev–Trinajstić information content (AvgIpc) is 3.10. The van der Waals surface area contributed by atoms with Crippen LogP contribution in [-0.2, 0) is 19.1 Å². The van der Waals surface area contributed by atoms with E-state index in [1.54, 1.807) is 42.1 Å². The van der Waals surface area contributed by atoms with Crippen LogP contribution in [0.15, 0.2) is 36.7 Å². The molecule has 2 amide bonds. The SMILES string of the molecule is CCOC(=O)CCNC(=O)c1ccc(-n2cc(NC(=O)COC)cn2)cc1. The molecule has 0 saturated carbocycles. The number of esters is 1. The largest absolute Gasteiger partial charge is 0.466 e. The third-order valence-electron chi connectivity index (χ3n) is 3.46. The molecule has 1 aromatic carbocycles. The van der Waals surface area contributed by atoms with Crippen molar-refractivity contribution >= 4 is 23.5 Å². The summed E-state index contributed by atoms with van der Waals surface area (Å²) in [5.74, 6) is -0.897. The Balaban J connectivity index is 1.91. The summed E-state index contributed by atoms with van der Waals surface area (Å²) in [7, 11) is 1.44. The van der Waals surface area contributed by atoms with Gasteiger partial charge in [0, 0.05) is 19.2 Å². The molecule has 0 radical (unpaired) electrons. The van der Waals surface area contributed by atoms with Crippen molar-refractivity contribution in [3.63, 3.8) is 0 Å². The monoisotopic (exact) mass is 374 g/mol. The van der Waals surface area contributed by atoms with Gasteiger partial charge in [0.2, 0.25) is 5.91 Å². The van der Waals surface area contributed by atoms with Crippen molar-refractivity contribution in [3.8, 4) is 5.69 Å². The predicted molar refractivity (Wildman–Crippen MR) is 97.7 cm³/mol. The van der Waals surface area contributed by atoms with E-state index >= 15 is 0 Å². The number of hydrogen-bond acceptors (Lipinski definition) is 6. The van der Waals surface area contributed by atoms with Crippen LogP contribution in [0.25, 0.3) is 5.69 Å². The van der Waals surface area contributed by atoms with Gasteiger partial charge in [0.25, 0.3) is 5.91 Å². The molecule has 9 nitrogen and oxygen atoms in total. The number of rotatable bonds is 9. The van der Waals surface area contributed by atoms with Crippen LogP contribution in [0, 0.1) is 0 Å². The number of amides is 2. The van der Waals surface area contributed by atoms with E-state index in [-0.39, 0.29) is 37.4 Å². The van der Waals surface area contributed by atoms with Gasteiger partial charge in [-0.3, -0.25) is 14.4 Å². The molecule has 0 aliphatic heterocycles. The molecule has 2 aromatic rings. The molecule has 27 heavy (non-hydrogen) atoms. The summed E-state index contributed by atoms with van der Waals surface area (Å²) >= 11 is 0. The highest BCUT2D eigenvalue weighted by molar-refractivity contribution is 5.94. The van der Waals surface area contributed by atoms with Crippen molar-refractivity contribution in [3.05, 3.63) is 42.2 Å². The van der Waals surface area contributed by atoms with Gasteiger partial charge in [-0.25, -0.2) is 4.68 Å². The van der Waals surface area contributed by atoms with Crippen molar-refractivity contribution in [1.29, 1.82) is 0 Å². The first kappa shape index (κ1) is 20.1. The second kappa shape index (κ2) is 10.1. The number of aromatic nitrogens is 2. The number of methoxy groups -OCH3 is 1. The van der Waals surface area contributed by atoms with Gasteiger partial charge < -0.3 is 20.1 Å². The van der Waals surface area contributed by atoms with Gasteiger partial charge in [-0.2, -0.15) is 5.10 Å². The van der Waals surface area contributed by atoms with Crippen LogP contribution in [0.4, 0.5) is 5.69 Å². The molecule has 1 aromatic heterocycles. The van der Waals surface area contributed by atoms with Gasteiger partial charge in [-0.05, 0) is 31.2 Å². The van der Waals surface area contributed by atoms with E-state index in [1.165, 1.54) is 13.3 Å².